The Bertz CT molecular complexity index is 951. The van der Waals surface area contributed by atoms with Crippen molar-refractivity contribution in [1.82, 2.24) is 0 Å². The highest BCUT2D eigenvalue weighted by Gasteiger charge is 2.51. The first kappa shape index (κ1) is 17.7. The molecule has 0 heterocycles. The molecule has 5 rings (SSSR count). The lowest BCUT2D eigenvalue weighted by Gasteiger charge is -2.50. The Labute approximate surface area is 166 Å². The normalized spacial score (nSPS) is 24.7. The highest BCUT2D eigenvalue weighted by Crippen LogP contribution is 2.54. The van der Waals surface area contributed by atoms with E-state index < -0.39 is 11.2 Å². The predicted molar refractivity (Wildman–Crippen MR) is 111 cm³/mol. The minimum absolute atomic E-state index is 0.647. The summed E-state index contributed by atoms with van der Waals surface area (Å²) in [7, 11) is 0. The van der Waals surface area contributed by atoms with Gasteiger partial charge in [0.1, 0.15) is 0 Å². The fourth-order valence-electron chi connectivity index (χ4n) is 5.55. The zero-order valence-corrected chi connectivity index (χ0v) is 16.5. The Kier molecular flexibility index (Phi) is 3.81. The zero-order valence-electron chi connectivity index (χ0n) is 16.5. The summed E-state index contributed by atoms with van der Waals surface area (Å²) in [4.78, 5) is 0. The molecule has 0 spiro atoms. The molecule has 2 aliphatic rings. The van der Waals surface area contributed by atoms with Crippen molar-refractivity contribution in [2.24, 2.45) is 0 Å². The molecule has 3 aromatic carbocycles. The van der Waals surface area contributed by atoms with Gasteiger partial charge in [-0.15, -0.1) is 0 Å². The van der Waals surface area contributed by atoms with Crippen LogP contribution in [0.15, 0.2) is 60.7 Å². The Morgan fingerprint density at radius 3 is 1.36 bits per heavy atom. The minimum Gasteiger partial charge on any atom is -0.384 e. The van der Waals surface area contributed by atoms with Crippen molar-refractivity contribution >= 4 is 0 Å². The van der Waals surface area contributed by atoms with Gasteiger partial charge in [0.15, 0.2) is 0 Å². The van der Waals surface area contributed by atoms with Crippen LogP contribution in [0.3, 0.4) is 0 Å². The highest BCUT2D eigenvalue weighted by atomic mass is 16.3. The third kappa shape index (κ3) is 2.48. The fourth-order valence-corrected chi connectivity index (χ4v) is 5.55. The number of aliphatic hydroxyl groups is 2. The van der Waals surface area contributed by atoms with Gasteiger partial charge in [-0.25, -0.2) is 0 Å². The van der Waals surface area contributed by atoms with E-state index >= 15 is 0 Å². The van der Waals surface area contributed by atoms with Gasteiger partial charge in [0.2, 0.25) is 0 Å². The van der Waals surface area contributed by atoms with Crippen molar-refractivity contribution in [3.05, 3.63) is 105 Å². The van der Waals surface area contributed by atoms with Crippen molar-refractivity contribution < 1.29 is 10.2 Å². The van der Waals surface area contributed by atoms with E-state index in [1.165, 1.54) is 22.3 Å². The summed E-state index contributed by atoms with van der Waals surface area (Å²) >= 11 is 0. The zero-order chi connectivity index (χ0) is 19.5. The second-order valence-corrected chi connectivity index (χ2v) is 8.70. The molecule has 0 saturated carbocycles. The number of benzene rings is 3. The maximum atomic E-state index is 11.4. The van der Waals surface area contributed by atoms with Crippen LogP contribution in [0.4, 0.5) is 0 Å². The van der Waals surface area contributed by atoms with Gasteiger partial charge in [-0.2, -0.15) is 0 Å². The molecule has 142 valence electrons. The molecular formula is C26H26O2. The van der Waals surface area contributed by atoms with Gasteiger partial charge in [-0.05, 0) is 58.4 Å². The molecule has 0 amide bonds. The van der Waals surface area contributed by atoms with E-state index in [4.69, 9.17) is 0 Å². The van der Waals surface area contributed by atoms with E-state index in [2.05, 4.69) is 38.1 Å². The van der Waals surface area contributed by atoms with Crippen LogP contribution >= 0.6 is 0 Å². The molecule has 28 heavy (non-hydrogen) atoms. The number of hydrogen-bond donors (Lipinski definition) is 2. The number of hydrogen-bond acceptors (Lipinski definition) is 2. The second kappa shape index (κ2) is 6.04. The van der Waals surface area contributed by atoms with Crippen LogP contribution in [0.2, 0.25) is 0 Å². The van der Waals surface area contributed by atoms with Crippen LogP contribution in [0.1, 0.15) is 44.5 Å². The van der Waals surface area contributed by atoms with E-state index in [0.717, 1.165) is 22.3 Å². The van der Waals surface area contributed by atoms with Crippen LogP contribution in [0, 0.1) is 13.8 Å². The van der Waals surface area contributed by atoms with Crippen LogP contribution in [-0.2, 0) is 36.9 Å². The third-order valence-electron chi connectivity index (χ3n) is 6.81. The summed E-state index contributed by atoms with van der Waals surface area (Å²) in [5.41, 5.74) is 7.80. The van der Waals surface area contributed by atoms with Gasteiger partial charge in [0, 0.05) is 25.7 Å². The van der Waals surface area contributed by atoms with E-state index in [1.54, 1.807) is 0 Å². The lowest BCUT2D eigenvalue weighted by atomic mass is 9.58. The van der Waals surface area contributed by atoms with E-state index in [0.29, 0.717) is 25.7 Å². The summed E-state index contributed by atoms with van der Waals surface area (Å²) in [6, 6.07) is 20.4. The fraction of sp³-hybridized carbons (Fsp3) is 0.308. The monoisotopic (exact) mass is 370 g/mol. The summed E-state index contributed by atoms with van der Waals surface area (Å²) in [5, 5.41) is 22.7. The molecule has 2 heteroatoms. The topological polar surface area (TPSA) is 40.5 Å². The average Bonchev–Trinajstić information content (AvgIpc) is 2.65. The Balaban J connectivity index is 1.51. The molecule has 0 saturated heterocycles. The van der Waals surface area contributed by atoms with Gasteiger partial charge in [0.25, 0.3) is 0 Å². The highest BCUT2D eigenvalue weighted by molar-refractivity contribution is 5.64. The van der Waals surface area contributed by atoms with Crippen molar-refractivity contribution in [1.29, 1.82) is 0 Å². The summed E-state index contributed by atoms with van der Waals surface area (Å²) in [6.07, 6.45) is 2.62. The quantitative estimate of drug-likeness (QED) is 0.720. The van der Waals surface area contributed by atoms with Crippen molar-refractivity contribution in [2.75, 3.05) is 0 Å². The average molecular weight is 370 g/mol. The van der Waals surface area contributed by atoms with E-state index in [-0.39, 0.29) is 0 Å². The van der Waals surface area contributed by atoms with Gasteiger partial charge in [0.05, 0.1) is 11.2 Å². The predicted octanol–water partition coefficient (Wildman–Crippen LogP) is 4.28. The van der Waals surface area contributed by atoms with Crippen molar-refractivity contribution in [3.63, 3.8) is 0 Å². The molecule has 0 unspecified atom stereocenters. The molecule has 0 aromatic heterocycles. The summed E-state index contributed by atoms with van der Waals surface area (Å²) < 4.78 is 0. The standard InChI is InChI=1S/C26H26O2/c1-17-21-15-26(28,14-20-11-7-4-8-12-20)24(21)18(2)22-16-25(27,23(17)22)13-19-9-5-3-6-10-19/h3-12,27-28H,13-16H2,1-2H3/t25-,26-/m0/s1. The first-order valence-corrected chi connectivity index (χ1v) is 10.1. The molecule has 2 nitrogen and oxygen atoms in total. The molecule has 2 aliphatic carbocycles. The molecule has 2 N–H and O–H groups in total. The van der Waals surface area contributed by atoms with Crippen molar-refractivity contribution in [2.45, 2.75) is 50.7 Å². The molecular weight excluding hydrogens is 344 g/mol. The Morgan fingerprint density at radius 1 is 0.643 bits per heavy atom. The van der Waals surface area contributed by atoms with E-state index in [1.807, 2.05) is 36.4 Å². The van der Waals surface area contributed by atoms with Gasteiger partial charge >= 0.3 is 0 Å². The second-order valence-electron chi connectivity index (χ2n) is 8.70. The molecule has 0 fully saturated rings. The van der Waals surface area contributed by atoms with Crippen LogP contribution in [-0.4, -0.2) is 10.2 Å². The maximum absolute atomic E-state index is 11.4. The largest absolute Gasteiger partial charge is 0.384 e. The van der Waals surface area contributed by atoms with E-state index in [9.17, 15) is 10.2 Å². The third-order valence-corrected chi connectivity index (χ3v) is 6.81. The maximum Gasteiger partial charge on any atom is 0.0982 e. The Morgan fingerprint density at radius 2 is 1.00 bits per heavy atom. The molecule has 0 radical (unpaired) electrons. The summed E-state index contributed by atoms with van der Waals surface area (Å²) in [6.45, 7) is 4.24. The van der Waals surface area contributed by atoms with Crippen LogP contribution in [0.5, 0.6) is 0 Å². The lowest BCUT2D eigenvalue weighted by molar-refractivity contribution is -0.000530. The summed E-state index contributed by atoms with van der Waals surface area (Å²) in [5.74, 6) is 0. The van der Waals surface area contributed by atoms with Crippen LogP contribution < -0.4 is 0 Å². The smallest absolute Gasteiger partial charge is 0.0982 e. The Hall–Kier alpha value is -2.42. The minimum atomic E-state index is -0.784. The van der Waals surface area contributed by atoms with Crippen molar-refractivity contribution in [3.8, 4) is 0 Å². The SMILES string of the molecule is Cc1c2c(c(C)c3c1[C@](O)(Cc1ccccc1)C3)[C@](O)(Cc1ccccc1)C2. The number of fused-ring (bicyclic) bond motifs is 2. The first-order chi connectivity index (χ1) is 13.4. The molecule has 3 aromatic rings. The van der Waals surface area contributed by atoms with Gasteiger partial charge in [-0.3, -0.25) is 0 Å². The molecule has 0 aliphatic heterocycles. The molecule has 2 atom stereocenters. The van der Waals surface area contributed by atoms with Gasteiger partial charge in [-0.1, -0.05) is 60.7 Å². The number of rotatable bonds is 4. The lowest BCUT2D eigenvalue weighted by Crippen LogP contribution is -2.48. The molecule has 0 bridgehead atoms. The van der Waals surface area contributed by atoms with Crippen LogP contribution in [0.25, 0.3) is 0 Å². The first-order valence-electron chi connectivity index (χ1n) is 10.1. The van der Waals surface area contributed by atoms with Gasteiger partial charge < -0.3 is 10.2 Å².